The second-order valence-electron chi connectivity index (χ2n) is 29.7. The molecule has 6 aliphatic heterocycles. The highest BCUT2D eigenvalue weighted by atomic mass is 16.6. The van der Waals surface area contributed by atoms with Crippen molar-refractivity contribution >= 4 is 87.0 Å². The molecule has 8 fully saturated rings. The molecule has 0 radical (unpaired) electrons. The van der Waals surface area contributed by atoms with E-state index >= 15 is 0 Å². The first-order chi connectivity index (χ1) is 49.1. The Kier molecular flexibility index (Phi) is 25.7. The van der Waals surface area contributed by atoms with Crippen molar-refractivity contribution in [3.63, 3.8) is 0 Å². The fourth-order valence-corrected chi connectivity index (χ4v) is 15.8. The minimum absolute atomic E-state index is 0.0216. The van der Waals surface area contributed by atoms with Gasteiger partial charge in [-0.1, -0.05) is 50.7 Å². The van der Waals surface area contributed by atoms with Gasteiger partial charge < -0.3 is 88.4 Å². The number of ether oxygens (including phenoxy) is 3. The van der Waals surface area contributed by atoms with Crippen molar-refractivity contribution in [1.29, 1.82) is 10.5 Å². The van der Waals surface area contributed by atoms with Gasteiger partial charge in [0, 0.05) is 84.7 Å². The number of amides is 11. The molecule has 6 saturated heterocycles. The van der Waals surface area contributed by atoms with Crippen LogP contribution < -0.4 is 63.9 Å². The summed E-state index contributed by atoms with van der Waals surface area (Å²) in [5, 5.41) is 40.0. The van der Waals surface area contributed by atoms with Crippen LogP contribution in [0.2, 0.25) is 0 Å². The summed E-state index contributed by atoms with van der Waals surface area (Å²) in [5.74, 6) is -2.21. The van der Waals surface area contributed by atoms with E-state index in [2.05, 4.69) is 59.3 Å². The van der Waals surface area contributed by atoms with Crippen LogP contribution in [-0.4, -0.2) is 180 Å². The zero-order valence-corrected chi connectivity index (χ0v) is 59.5. The van der Waals surface area contributed by atoms with Crippen LogP contribution >= 0.6 is 0 Å². The third-order valence-corrected chi connectivity index (χ3v) is 21.2. The lowest BCUT2D eigenvalue weighted by molar-refractivity contribution is -0.126. The van der Waals surface area contributed by atoms with Crippen molar-refractivity contribution in [2.24, 2.45) is 51.7 Å². The van der Waals surface area contributed by atoms with Gasteiger partial charge in [-0.15, -0.1) is 0 Å². The van der Waals surface area contributed by atoms with Crippen LogP contribution in [0.4, 0.5) is 4.79 Å². The summed E-state index contributed by atoms with van der Waals surface area (Å²) >= 11 is 0. The summed E-state index contributed by atoms with van der Waals surface area (Å²) in [5.41, 5.74) is 17.2. The molecule has 11 amide bonds. The smallest absolute Gasteiger partial charge is 0.408 e. The number of nitrogens with two attached hydrogens (primary N) is 3. The predicted molar refractivity (Wildman–Crippen MR) is 377 cm³/mol. The van der Waals surface area contributed by atoms with Crippen molar-refractivity contribution in [2.75, 3.05) is 53.5 Å². The molecule has 2 unspecified atom stereocenters. The number of carbonyl (C=O) groups excluding carboxylic acids is 11. The minimum Gasteiger partial charge on any atom is -0.496 e. The molecule has 15 N–H and O–H groups in total. The third kappa shape index (κ3) is 19.6. The van der Waals surface area contributed by atoms with Gasteiger partial charge in [0.15, 0.2) is 0 Å². The van der Waals surface area contributed by atoms with Gasteiger partial charge in [0.05, 0.1) is 32.4 Å². The van der Waals surface area contributed by atoms with Crippen LogP contribution in [-0.2, 0) is 43.1 Å². The molecule has 8 heterocycles. The first kappa shape index (κ1) is 77.2. The van der Waals surface area contributed by atoms with Crippen molar-refractivity contribution in [2.45, 2.75) is 191 Å². The van der Waals surface area contributed by atoms with Gasteiger partial charge >= 0.3 is 6.09 Å². The molecule has 30 heteroatoms. The molecule has 30 nitrogen and oxygen atoms in total. The number of carbonyl (C=O) groups is 11. The molecule has 12 rings (SSSR count). The molecular weight excluding hydrogens is 1320 g/mol. The molecule has 4 aromatic rings. The van der Waals surface area contributed by atoms with Crippen LogP contribution in [0.5, 0.6) is 11.5 Å². The maximum Gasteiger partial charge on any atom is 0.408 e. The average molecular weight is 1430 g/mol. The molecule has 103 heavy (non-hydrogen) atoms. The van der Waals surface area contributed by atoms with E-state index in [9.17, 15) is 63.3 Å². The highest BCUT2D eigenvalue weighted by Gasteiger charge is 2.51. The normalized spacial score (nSPS) is 23.4. The van der Waals surface area contributed by atoms with E-state index in [1.807, 2.05) is 36.4 Å². The lowest BCUT2D eigenvalue weighted by Crippen LogP contribution is -2.49. The van der Waals surface area contributed by atoms with Gasteiger partial charge in [0.1, 0.15) is 58.7 Å². The number of hydrogen-bond acceptors (Lipinski definition) is 17. The molecule has 0 bridgehead atoms. The number of hydrogen-bond donors (Lipinski definition) is 12. The summed E-state index contributed by atoms with van der Waals surface area (Å²) in [4.78, 5) is 144. The Morgan fingerprint density at radius 3 is 1.27 bits per heavy atom. The van der Waals surface area contributed by atoms with Gasteiger partial charge in [-0.05, 0) is 158 Å². The maximum absolute atomic E-state index is 13.8. The molecular formula is C73H100N16O14. The summed E-state index contributed by atoms with van der Waals surface area (Å²) in [6.45, 7) is 8.66. The number of fused-ring (bicyclic) bond motifs is 2. The van der Waals surface area contributed by atoms with Gasteiger partial charge in [-0.2, -0.15) is 10.5 Å². The van der Waals surface area contributed by atoms with Gasteiger partial charge in [-0.3, -0.25) is 47.9 Å². The Morgan fingerprint density at radius 1 is 0.563 bits per heavy atom. The summed E-state index contributed by atoms with van der Waals surface area (Å²) in [6.07, 6.45) is 15.0. The first-order valence-electron chi connectivity index (χ1n) is 35.9. The van der Waals surface area contributed by atoms with E-state index in [0.29, 0.717) is 101 Å². The van der Waals surface area contributed by atoms with Gasteiger partial charge in [0.25, 0.3) is 11.8 Å². The fourth-order valence-electron chi connectivity index (χ4n) is 15.8. The van der Waals surface area contributed by atoms with E-state index in [-0.39, 0.29) is 101 Å². The Bertz CT molecular complexity index is 3690. The Hall–Kier alpha value is -9.97. The highest BCUT2D eigenvalue weighted by molar-refractivity contribution is 6.03. The van der Waals surface area contributed by atoms with Crippen molar-refractivity contribution in [3.8, 4) is 23.6 Å². The molecule has 2 saturated carbocycles. The molecule has 2 aliphatic carbocycles. The topological polar surface area (TPSA) is 463 Å². The summed E-state index contributed by atoms with van der Waals surface area (Å²) in [6, 6.07) is 14.6. The summed E-state index contributed by atoms with van der Waals surface area (Å²) in [7, 11) is 3.19. The van der Waals surface area contributed by atoms with Crippen LogP contribution in [0.15, 0.2) is 48.5 Å². The number of nitrogens with zero attached hydrogens (tertiary/aromatic N) is 4. The lowest BCUT2D eigenvalue weighted by Gasteiger charge is -2.32. The molecule has 2 aromatic carbocycles. The number of nitrogens with one attached hydrogen (secondary N) is 9. The molecule has 2 aromatic heterocycles. The third-order valence-electron chi connectivity index (χ3n) is 21.2. The van der Waals surface area contributed by atoms with Crippen LogP contribution in [0.25, 0.3) is 21.8 Å². The van der Waals surface area contributed by atoms with E-state index in [1.165, 1.54) is 12.8 Å². The zero-order valence-electron chi connectivity index (χ0n) is 59.5. The monoisotopic (exact) mass is 1420 g/mol. The SMILES string of the molecule is CC(C)(C)OC(=O)N[C@@H](C[C@@H]1CCNC1=O)C(N)=O.COc1cccc2[nH]c(C(=O)N3CC4(CCCCC4)CC3C(=O)N[C@H](C#N)C[C@@H]3CCNC3=O)cc12.COc1cccc2[nH]c(C(=O)N3CC4(CCCCC4)CC3C(=O)N[C@H](C#N)C[C@@H]3CCNC3=O)cc12.NC(=O)[C@@H](N)C[C@@H]1CCNC1=O. The van der Waals surface area contributed by atoms with Gasteiger partial charge in [0.2, 0.25) is 47.3 Å². The van der Waals surface area contributed by atoms with E-state index in [0.717, 1.165) is 79.6 Å². The number of nitriles is 2. The first-order valence-corrected chi connectivity index (χ1v) is 35.9. The van der Waals surface area contributed by atoms with Crippen molar-refractivity contribution < 1.29 is 67.0 Å². The van der Waals surface area contributed by atoms with E-state index in [1.54, 1.807) is 56.9 Å². The molecule has 8 aliphatic rings. The second kappa shape index (κ2) is 34.3. The minimum atomic E-state index is -0.899. The number of alkyl carbamates (subject to hydrolysis) is 1. The average Bonchev–Trinajstić information content (AvgIpc) is 1.62. The number of aromatic nitrogens is 2. The maximum atomic E-state index is 13.8. The largest absolute Gasteiger partial charge is 0.496 e. The molecule has 10 atom stereocenters. The van der Waals surface area contributed by atoms with Crippen LogP contribution in [0.3, 0.4) is 0 Å². The lowest BCUT2D eigenvalue weighted by atomic mass is 9.72. The number of rotatable bonds is 19. The van der Waals surface area contributed by atoms with Crippen molar-refractivity contribution in [1.82, 2.24) is 57.0 Å². The number of H-pyrrole nitrogens is 2. The number of primary amides is 2. The summed E-state index contributed by atoms with van der Waals surface area (Å²) < 4.78 is 15.9. The highest BCUT2D eigenvalue weighted by Crippen LogP contribution is 2.48. The van der Waals surface area contributed by atoms with Gasteiger partial charge in [-0.25, -0.2) is 4.79 Å². The number of benzene rings is 2. The molecule has 2 spiro atoms. The van der Waals surface area contributed by atoms with E-state index < -0.39 is 59.8 Å². The Morgan fingerprint density at radius 2 is 0.942 bits per heavy atom. The second-order valence-corrected chi connectivity index (χ2v) is 29.7. The number of likely N-dealkylation sites (tertiary alicyclic amines) is 2. The van der Waals surface area contributed by atoms with Crippen LogP contribution in [0, 0.1) is 57.2 Å². The number of methoxy groups -OCH3 is 2. The Balaban J connectivity index is 0.000000172. The standard InChI is InChI=1S/2C27H33N5O4.C12H21N3O4.C7H13N3O2/c2*1-36-23-7-5-6-20-19(23)13-21(31-20)26(35)32-16-27(9-3-2-4-10-27)14-22(32)25(34)30-18(15-28)12-17-8-11-29-24(17)33;1-12(2,3)19-11(18)15-8(9(13)16)6-7-4-5-14-10(7)17;8-5(6(9)11)3-4-1-2-10-7(4)12/h2*5-7,13,17-18,22,31H,2-4,8-12,14,16H2,1H3,(H,29,33)(H,30,34);7-8H,4-6H2,1-3H3,(H2,13,16)(H,14,17)(H,15,18);4-5H,1-3,8H2,(H2,9,11)(H,10,12)/t2*17-,18-,22?;7-,8-;4-,5-/m0000/s1. The fraction of sp³-hybridized carbons (Fsp3) is 0.603. The Labute approximate surface area is 598 Å². The predicted octanol–water partition coefficient (Wildman–Crippen LogP) is 3.97. The van der Waals surface area contributed by atoms with Crippen LogP contribution in [0.1, 0.15) is 170 Å². The number of aromatic amines is 2. The quantitative estimate of drug-likeness (QED) is 0.0632. The van der Waals surface area contributed by atoms with Crippen molar-refractivity contribution in [3.05, 3.63) is 59.9 Å². The molecule has 556 valence electrons. The van der Waals surface area contributed by atoms with E-state index in [4.69, 9.17) is 31.4 Å². The zero-order chi connectivity index (χ0) is 74.3.